The molecule has 7 heteroatoms. The molecule has 0 atom stereocenters. The number of alkyl halides is 3. The minimum Gasteiger partial charge on any atom is -0.349 e. The van der Waals surface area contributed by atoms with E-state index >= 15 is 0 Å². The monoisotopic (exact) mass is 353 g/mol. The summed E-state index contributed by atoms with van der Waals surface area (Å²) >= 11 is 0. The number of amides is 1. The molecule has 1 aromatic rings. The number of carbonyl (C=O) groups excluding carboxylic acids is 1. The lowest BCUT2D eigenvalue weighted by Gasteiger charge is -2.54. The lowest BCUT2D eigenvalue weighted by Crippen LogP contribution is -2.55. The molecule has 0 radical (unpaired) electrons. The Kier molecular flexibility index (Phi) is 3.29. The molecule has 6 rings (SSSR count). The minimum absolute atomic E-state index is 0.0330. The molecule has 1 aromatic heterocycles. The SMILES string of the molecule is O=C(NC1C2CC3CC(C2)CC1C3)c1cnn(C2CC2)c1C(F)(F)F. The highest BCUT2D eigenvalue weighted by molar-refractivity contribution is 5.95. The second-order valence-electron chi connectivity index (χ2n) is 8.51. The fraction of sp³-hybridized carbons (Fsp3) is 0.778. The molecule has 136 valence electrons. The van der Waals surface area contributed by atoms with Gasteiger partial charge in [-0.2, -0.15) is 18.3 Å². The molecular formula is C18H22F3N3O. The quantitative estimate of drug-likeness (QED) is 0.899. The van der Waals surface area contributed by atoms with Crippen LogP contribution in [0.25, 0.3) is 0 Å². The zero-order valence-corrected chi connectivity index (χ0v) is 13.9. The summed E-state index contributed by atoms with van der Waals surface area (Å²) in [7, 11) is 0. The predicted molar refractivity (Wildman–Crippen MR) is 83.8 cm³/mol. The van der Waals surface area contributed by atoms with Crippen LogP contribution in [0.15, 0.2) is 6.20 Å². The van der Waals surface area contributed by atoms with Crippen molar-refractivity contribution in [2.45, 2.75) is 63.2 Å². The molecule has 5 saturated carbocycles. The Morgan fingerprint density at radius 2 is 1.68 bits per heavy atom. The van der Waals surface area contributed by atoms with Gasteiger partial charge in [-0.1, -0.05) is 0 Å². The molecule has 4 bridgehead atoms. The summed E-state index contributed by atoms with van der Waals surface area (Å²) in [6, 6.07) is -0.176. The van der Waals surface area contributed by atoms with Crippen LogP contribution in [0.2, 0.25) is 0 Å². The third-order valence-electron chi connectivity index (χ3n) is 6.73. The van der Waals surface area contributed by atoms with Gasteiger partial charge in [0.1, 0.15) is 0 Å². The molecule has 0 aliphatic heterocycles. The average Bonchev–Trinajstić information content (AvgIpc) is 3.26. The van der Waals surface area contributed by atoms with E-state index in [4.69, 9.17) is 0 Å². The maximum Gasteiger partial charge on any atom is 0.433 e. The number of carbonyl (C=O) groups is 1. The zero-order chi connectivity index (χ0) is 17.3. The Bertz CT molecular complexity index is 679. The lowest BCUT2D eigenvalue weighted by molar-refractivity contribution is -0.144. The van der Waals surface area contributed by atoms with Crippen LogP contribution in [0.3, 0.4) is 0 Å². The van der Waals surface area contributed by atoms with E-state index in [2.05, 4.69) is 10.4 Å². The molecule has 0 saturated heterocycles. The molecule has 1 N–H and O–H groups in total. The Morgan fingerprint density at radius 3 is 2.20 bits per heavy atom. The molecule has 0 aromatic carbocycles. The third kappa shape index (κ3) is 2.57. The van der Waals surface area contributed by atoms with Crippen LogP contribution in [-0.2, 0) is 6.18 Å². The first-order valence-electron chi connectivity index (χ1n) is 9.35. The first-order valence-corrected chi connectivity index (χ1v) is 9.35. The van der Waals surface area contributed by atoms with Gasteiger partial charge in [-0.25, -0.2) is 0 Å². The Hall–Kier alpha value is -1.53. The fourth-order valence-electron chi connectivity index (χ4n) is 5.80. The second-order valence-corrected chi connectivity index (χ2v) is 8.51. The number of aromatic nitrogens is 2. The van der Waals surface area contributed by atoms with Gasteiger partial charge < -0.3 is 5.32 Å². The molecule has 5 aliphatic carbocycles. The number of halogens is 3. The smallest absolute Gasteiger partial charge is 0.349 e. The van der Waals surface area contributed by atoms with Crippen molar-refractivity contribution in [3.63, 3.8) is 0 Å². The summed E-state index contributed by atoms with van der Waals surface area (Å²) in [4.78, 5) is 12.7. The Morgan fingerprint density at radius 1 is 1.08 bits per heavy atom. The summed E-state index contributed by atoms with van der Waals surface area (Å²) in [5, 5.41) is 6.86. The molecule has 1 amide bonds. The summed E-state index contributed by atoms with van der Waals surface area (Å²) in [5.41, 5.74) is -1.19. The van der Waals surface area contributed by atoms with E-state index < -0.39 is 17.8 Å². The van der Waals surface area contributed by atoms with Crippen LogP contribution in [0.5, 0.6) is 0 Å². The standard InChI is InChI=1S/C18H22F3N3O/c19-18(20,21)16-14(8-22-24(16)13-1-2-13)17(25)23-15-11-4-9-3-10(6-11)7-12(15)5-9/h8-13,15H,1-7H2,(H,23,25). The maximum absolute atomic E-state index is 13.5. The van der Waals surface area contributed by atoms with Gasteiger partial charge >= 0.3 is 6.18 Å². The molecule has 25 heavy (non-hydrogen) atoms. The molecule has 0 spiro atoms. The molecular weight excluding hydrogens is 331 g/mol. The van der Waals surface area contributed by atoms with Gasteiger partial charge in [0, 0.05) is 6.04 Å². The van der Waals surface area contributed by atoms with Gasteiger partial charge in [-0.15, -0.1) is 0 Å². The third-order valence-corrected chi connectivity index (χ3v) is 6.73. The van der Waals surface area contributed by atoms with Crippen molar-refractivity contribution in [1.29, 1.82) is 0 Å². The van der Waals surface area contributed by atoms with Crippen molar-refractivity contribution < 1.29 is 18.0 Å². The Balaban J connectivity index is 1.40. The summed E-state index contributed by atoms with van der Waals surface area (Å²) < 4.78 is 41.6. The largest absolute Gasteiger partial charge is 0.433 e. The zero-order valence-electron chi connectivity index (χ0n) is 13.9. The average molecular weight is 353 g/mol. The highest BCUT2D eigenvalue weighted by Crippen LogP contribution is 2.53. The van der Waals surface area contributed by atoms with Crippen molar-refractivity contribution in [3.05, 3.63) is 17.5 Å². The van der Waals surface area contributed by atoms with Crippen molar-refractivity contribution in [1.82, 2.24) is 15.1 Å². The molecule has 1 heterocycles. The van der Waals surface area contributed by atoms with Crippen LogP contribution in [0, 0.1) is 23.7 Å². The summed E-state index contributed by atoms with van der Waals surface area (Å²) in [6.07, 6.45) is 3.71. The topological polar surface area (TPSA) is 46.9 Å². The van der Waals surface area contributed by atoms with E-state index in [1.165, 1.54) is 6.42 Å². The maximum atomic E-state index is 13.5. The van der Waals surface area contributed by atoms with E-state index in [9.17, 15) is 18.0 Å². The predicted octanol–water partition coefficient (Wildman–Crippen LogP) is 3.79. The van der Waals surface area contributed by atoms with Crippen molar-refractivity contribution in [3.8, 4) is 0 Å². The number of nitrogens with one attached hydrogen (secondary N) is 1. The number of rotatable bonds is 3. The second kappa shape index (κ2) is 5.24. The first-order chi connectivity index (χ1) is 11.9. The van der Waals surface area contributed by atoms with Crippen LogP contribution in [-0.4, -0.2) is 21.7 Å². The fourth-order valence-corrected chi connectivity index (χ4v) is 5.80. The van der Waals surface area contributed by atoms with Crippen LogP contribution < -0.4 is 5.32 Å². The van der Waals surface area contributed by atoms with Gasteiger partial charge in [-0.3, -0.25) is 9.48 Å². The van der Waals surface area contributed by atoms with E-state index in [0.29, 0.717) is 24.7 Å². The molecule has 5 fully saturated rings. The summed E-state index contributed by atoms with van der Waals surface area (Å²) in [6.45, 7) is 0. The first kappa shape index (κ1) is 15.7. The number of hydrogen-bond acceptors (Lipinski definition) is 2. The summed E-state index contributed by atoms with van der Waals surface area (Å²) in [5.74, 6) is 1.80. The van der Waals surface area contributed by atoms with Crippen molar-refractivity contribution in [2.75, 3.05) is 0 Å². The van der Waals surface area contributed by atoms with E-state index in [0.717, 1.165) is 48.4 Å². The number of hydrogen-bond donors (Lipinski definition) is 1. The van der Waals surface area contributed by atoms with Crippen LogP contribution in [0.4, 0.5) is 13.2 Å². The molecule has 5 aliphatic rings. The minimum atomic E-state index is -4.56. The van der Waals surface area contributed by atoms with Crippen LogP contribution in [0.1, 0.15) is 67.0 Å². The van der Waals surface area contributed by atoms with Gasteiger partial charge in [0.2, 0.25) is 0 Å². The van der Waals surface area contributed by atoms with Gasteiger partial charge in [0.05, 0.1) is 17.8 Å². The highest BCUT2D eigenvalue weighted by Gasteiger charge is 2.49. The van der Waals surface area contributed by atoms with Gasteiger partial charge in [-0.05, 0) is 68.6 Å². The van der Waals surface area contributed by atoms with Crippen molar-refractivity contribution in [2.24, 2.45) is 23.7 Å². The van der Waals surface area contributed by atoms with Crippen LogP contribution >= 0.6 is 0 Å². The van der Waals surface area contributed by atoms with Crippen molar-refractivity contribution >= 4 is 5.91 Å². The lowest BCUT2D eigenvalue weighted by atomic mass is 9.54. The van der Waals surface area contributed by atoms with Gasteiger partial charge in [0.25, 0.3) is 5.91 Å². The normalized spacial score (nSPS) is 36.7. The van der Waals surface area contributed by atoms with E-state index in [1.807, 2.05) is 0 Å². The highest BCUT2D eigenvalue weighted by atomic mass is 19.4. The van der Waals surface area contributed by atoms with E-state index in [1.54, 1.807) is 0 Å². The Labute approximate surface area is 144 Å². The molecule has 0 unspecified atom stereocenters. The molecule has 4 nitrogen and oxygen atoms in total. The van der Waals surface area contributed by atoms with Gasteiger partial charge in [0.15, 0.2) is 5.69 Å². The number of nitrogens with zero attached hydrogens (tertiary/aromatic N) is 2. The van der Waals surface area contributed by atoms with E-state index in [-0.39, 0.29) is 17.6 Å².